The first-order valence-electron chi connectivity index (χ1n) is 7.26. The lowest BCUT2D eigenvalue weighted by atomic mass is 10.3. The number of rotatable bonds is 7. The van der Waals surface area contributed by atoms with Crippen LogP contribution in [0, 0.1) is 0 Å². The van der Waals surface area contributed by atoms with Crippen LogP contribution in [0.5, 0.6) is 0 Å². The van der Waals surface area contributed by atoms with E-state index in [0.29, 0.717) is 5.69 Å². The number of methoxy groups -OCH3 is 1. The van der Waals surface area contributed by atoms with Gasteiger partial charge in [0.25, 0.3) is 5.91 Å². The molecule has 1 amide bonds. The molecule has 1 aromatic heterocycles. The van der Waals surface area contributed by atoms with Gasteiger partial charge in [-0.2, -0.15) is 0 Å². The molecule has 2 rings (SSSR count). The fourth-order valence-corrected chi connectivity index (χ4v) is 3.25. The predicted octanol–water partition coefficient (Wildman–Crippen LogP) is 1.65. The van der Waals surface area contributed by atoms with Crippen molar-refractivity contribution in [2.45, 2.75) is 17.9 Å². The maximum atomic E-state index is 12.2. The lowest BCUT2D eigenvalue weighted by Gasteiger charge is -2.13. The molecular weight excluding hydrogens is 330 g/mol. The van der Waals surface area contributed by atoms with Gasteiger partial charge in [-0.25, -0.2) is 13.1 Å². The van der Waals surface area contributed by atoms with E-state index in [1.54, 1.807) is 25.1 Å². The summed E-state index contributed by atoms with van der Waals surface area (Å²) in [6.07, 6.45) is 1.53. The molecule has 0 aliphatic heterocycles. The van der Waals surface area contributed by atoms with Crippen LogP contribution >= 0.6 is 0 Å². The molecule has 2 aromatic rings. The molecule has 0 aliphatic carbocycles. The number of anilines is 1. The molecule has 0 saturated heterocycles. The number of nitrogens with one attached hydrogen (secondary N) is 2. The van der Waals surface area contributed by atoms with Gasteiger partial charge in [0.2, 0.25) is 10.0 Å². The minimum absolute atomic E-state index is 0.112. The van der Waals surface area contributed by atoms with Crippen LogP contribution in [0.1, 0.15) is 17.4 Å². The maximum absolute atomic E-state index is 12.2. The average Bonchev–Trinajstić information content (AvgIpc) is 2.56. The lowest BCUT2D eigenvalue weighted by molar-refractivity contribution is 0.102. The van der Waals surface area contributed by atoms with Crippen LogP contribution in [0.2, 0.25) is 0 Å². The van der Waals surface area contributed by atoms with Crippen molar-refractivity contribution in [3.05, 3.63) is 54.4 Å². The third-order valence-corrected chi connectivity index (χ3v) is 4.70. The minimum Gasteiger partial charge on any atom is -0.383 e. The summed E-state index contributed by atoms with van der Waals surface area (Å²) in [5.74, 6) is -0.363. The van der Waals surface area contributed by atoms with Gasteiger partial charge in [-0.1, -0.05) is 6.07 Å². The van der Waals surface area contributed by atoms with Gasteiger partial charge in [0.1, 0.15) is 5.69 Å². The van der Waals surface area contributed by atoms with E-state index >= 15 is 0 Å². The van der Waals surface area contributed by atoms with E-state index in [1.165, 1.54) is 37.6 Å². The number of carbonyl (C=O) groups is 1. The molecular formula is C16H19N3O4S. The maximum Gasteiger partial charge on any atom is 0.274 e. The van der Waals surface area contributed by atoms with Crippen LogP contribution in [0.3, 0.4) is 0 Å². The Morgan fingerprint density at radius 2 is 1.92 bits per heavy atom. The molecule has 24 heavy (non-hydrogen) atoms. The van der Waals surface area contributed by atoms with E-state index in [9.17, 15) is 13.2 Å². The van der Waals surface area contributed by atoms with Gasteiger partial charge in [-0.05, 0) is 43.3 Å². The second kappa shape index (κ2) is 8.00. The van der Waals surface area contributed by atoms with Crippen LogP contribution < -0.4 is 10.0 Å². The second-order valence-electron chi connectivity index (χ2n) is 5.17. The zero-order valence-corrected chi connectivity index (χ0v) is 14.2. The van der Waals surface area contributed by atoms with Crippen molar-refractivity contribution in [1.82, 2.24) is 9.71 Å². The Morgan fingerprint density at radius 3 is 2.50 bits per heavy atom. The van der Waals surface area contributed by atoms with Gasteiger partial charge in [-0.3, -0.25) is 9.78 Å². The standard InChI is InChI=1S/C16H19N3O4S/c1-12(11-23-2)19-24(21,22)14-8-6-13(7-9-14)18-16(20)15-5-3-4-10-17-15/h3-10,12,19H,11H2,1-2H3,(H,18,20). The van der Waals surface area contributed by atoms with Crippen LogP contribution in [0.25, 0.3) is 0 Å². The van der Waals surface area contributed by atoms with Crippen molar-refractivity contribution >= 4 is 21.6 Å². The van der Waals surface area contributed by atoms with E-state index in [4.69, 9.17) is 4.74 Å². The summed E-state index contributed by atoms with van der Waals surface area (Å²) in [7, 11) is -2.13. The largest absolute Gasteiger partial charge is 0.383 e. The molecule has 128 valence electrons. The number of amides is 1. The van der Waals surface area contributed by atoms with Crippen molar-refractivity contribution < 1.29 is 17.9 Å². The molecule has 1 aromatic carbocycles. The Bertz CT molecular complexity index is 777. The lowest BCUT2D eigenvalue weighted by Crippen LogP contribution is -2.35. The quantitative estimate of drug-likeness (QED) is 0.792. The molecule has 0 bridgehead atoms. The van der Waals surface area contributed by atoms with E-state index in [2.05, 4.69) is 15.0 Å². The monoisotopic (exact) mass is 349 g/mol. The molecule has 0 spiro atoms. The van der Waals surface area contributed by atoms with Gasteiger partial charge in [0, 0.05) is 25.0 Å². The van der Waals surface area contributed by atoms with Crippen LogP contribution in [0.15, 0.2) is 53.6 Å². The highest BCUT2D eigenvalue weighted by atomic mass is 32.2. The summed E-state index contributed by atoms with van der Waals surface area (Å²) < 4.78 is 31.8. The number of carbonyl (C=O) groups excluding carboxylic acids is 1. The third-order valence-electron chi connectivity index (χ3n) is 3.09. The first-order chi connectivity index (χ1) is 11.4. The van der Waals surface area contributed by atoms with Crippen molar-refractivity contribution in [3.63, 3.8) is 0 Å². The van der Waals surface area contributed by atoms with Crippen LogP contribution in [0.4, 0.5) is 5.69 Å². The van der Waals surface area contributed by atoms with Crippen molar-refractivity contribution in [1.29, 1.82) is 0 Å². The van der Waals surface area contributed by atoms with E-state index < -0.39 is 10.0 Å². The fourth-order valence-electron chi connectivity index (χ4n) is 2.03. The second-order valence-corrected chi connectivity index (χ2v) is 6.89. The number of pyridine rings is 1. The van der Waals surface area contributed by atoms with Gasteiger partial charge < -0.3 is 10.1 Å². The first-order valence-corrected chi connectivity index (χ1v) is 8.74. The highest BCUT2D eigenvalue weighted by Gasteiger charge is 2.17. The molecule has 1 heterocycles. The zero-order chi connectivity index (χ0) is 17.6. The van der Waals surface area contributed by atoms with Crippen LogP contribution in [-0.2, 0) is 14.8 Å². The van der Waals surface area contributed by atoms with E-state index in [-0.39, 0.29) is 29.1 Å². The van der Waals surface area contributed by atoms with Crippen LogP contribution in [-0.4, -0.2) is 39.1 Å². The molecule has 0 aliphatic rings. The first kappa shape index (κ1) is 18.1. The zero-order valence-electron chi connectivity index (χ0n) is 13.4. The number of sulfonamides is 1. The Kier molecular flexibility index (Phi) is 6.02. The highest BCUT2D eigenvalue weighted by Crippen LogP contribution is 2.15. The number of aromatic nitrogens is 1. The summed E-state index contributed by atoms with van der Waals surface area (Å²) in [5, 5.41) is 2.66. The minimum atomic E-state index is -3.63. The number of hydrogen-bond donors (Lipinski definition) is 2. The Morgan fingerprint density at radius 1 is 1.21 bits per heavy atom. The average molecular weight is 349 g/mol. The summed E-state index contributed by atoms with van der Waals surface area (Å²) >= 11 is 0. The summed E-state index contributed by atoms with van der Waals surface area (Å²) in [6.45, 7) is 1.99. The van der Waals surface area contributed by atoms with Gasteiger partial charge in [0.15, 0.2) is 0 Å². The Balaban J connectivity index is 2.06. The topological polar surface area (TPSA) is 97.4 Å². The highest BCUT2D eigenvalue weighted by molar-refractivity contribution is 7.89. The molecule has 1 atom stereocenters. The summed E-state index contributed by atoms with van der Waals surface area (Å²) in [5.41, 5.74) is 0.763. The Labute approximate surface area is 141 Å². The molecule has 1 unspecified atom stereocenters. The van der Waals surface area contributed by atoms with Crippen molar-refractivity contribution in [3.8, 4) is 0 Å². The molecule has 7 nitrogen and oxygen atoms in total. The molecule has 8 heteroatoms. The molecule has 0 saturated carbocycles. The van der Waals surface area contributed by atoms with Crippen molar-refractivity contribution in [2.75, 3.05) is 19.0 Å². The third kappa shape index (κ3) is 4.85. The smallest absolute Gasteiger partial charge is 0.274 e. The predicted molar refractivity (Wildman–Crippen MR) is 90.3 cm³/mol. The van der Waals surface area contributed by atoms with Gasteiger partial charge >= 0.3 is 0 Å². The number of nitrogens with zero attached hydrogens (tertiary/aromatic N) is 1. The SMILES string of the molecule is COCC(C)NS(=O)(=O)c1ccc(NC(=O)c2ccccn2)cc1. The number of hydrogen-bond acceptors (Lipinski definition) is 5. The number of ether oxygens (including phenoxy) is 1. The normalized spacial score (nSPS) is 12.6. The molecule has 2 N–H and O–H groups in total. The summed E-state index contributed by atoms with van der Waals surface area (Å²) in [6, 6.07) is 10.6. The van der Waals surface area contributed by atoms with Crippen molar-refractivity contribution in [2.24, 2.45) is 0 Å². The number of benzene rings is 1. The molecule has 0 radical (unpaired) electrons. The Hall–Kier alpha value is -2.29. The molecule has 0 fully saturated rings. The van der Waals surface area contributed by atoms with E-state index in [1.807, 2.05) is 0 Å². The summed E-state index contributed by atoms with van der Waals surface area (Å²) in [4.78, 5) is 16.1. The van der Waals surface area contributed by atoms with E-state index in [0.717, 1.165) is 0 Å². The fraction of sp³-hybridized carbons (Fsp3) is 0.250. The van der Waals surface area contributed by atoms with Gasteiger partial charge in [-0.15, -0.1) is 0 Å². The van der Waals surface area contributed by atoms with Gasteiger partial charge in [0.05, 0.1) is 11.5 Å².